The number of hydrogen-bond donors (Lipinski definition) is 1. The summed E-state index contributed by atoms with van der Waals surface area (Å²) in [6.45, 7) is 5.80. The van der Waals surface area contributed by atoms with Crippen LogP contribution < -0.4 is 5.32 Å². The number of rotatable bonds is 5. The monoisotopic (exact) mass is 370 g/mol. The Hall–Kier alpha value is -2.15. The van der Waals surface area contributed by atoms with E-state index in [1.165, 1.54) is 44.3 Å². The molecule has 0 aromatic carbocycles. The second-order valence-electron chi connectivity index (χ2n) is 7.87. The molecule has 146 valence electrons. The summed E-state index contributed by atoms with van der Waals surface area (Å²) >= 11 is 0. The number of nitrogens with zero attached hydrogens (tertiary/aromatic N) is 5. The van der Waals surface area contributed by atoms with E-state index in [-0.39, 0.29) is 12.5 Å². The highest BCUT2D eigenvalue weighted by Gasteiger charge is 2.24. The van der Waals surface area contributed by atoms with Gasteiger partial charge < -0.3 is 5.32 Å². The van der Waals surface area contributed by atoms with Crippen LogP contribution in [0.2, 0.25) is 0 Å². The smallest absolute Gasteiger partial charge is 0.242 e. The highest BCUT2D eigenvalue weighted by molar-refractivity contribution is 5.75. The van der Waals surface area contributed by atoms with Gasteiger partial charge in [-0.3, -0.25) is 19.1 Å². The minimum absolute atomic E-state index is 0.0335. The topological polar surface area (TPSA) is 68.0 Å². The summed E-state index contributed by atoms with van der Waals surface area (Å²) in [5.74, 6) is -0.0335. The van der Waals surface area contributed by atoms with Crippen LogP contribution in [0, 0.1) is 6.92 Å². The van der Waals surface area contributed by atoms with E-state index in [0.29, 0.717) is 6.54 Å². The zero-order chi connectivity index (χ0) is 18.6. The average Bonchev–Trinajstić information content (AvgIpc) is 3.20. The number of aryl methyl sites for hydroxylation is 2. The van der Waals surface area contributed by atoms with Crippen LogP contribution in [0.25, 0.3) is 0 Å². The molecule has 2 aromatic heterocycles. The van der Waals surface area contributed by atoms with Crippen molar-refractivity contribution in [3.8, 4) is 0 Å². The molecule has 7 nitrogen and oxygen atoms in total. The van der Waals surface area contributed by atoms with E-state index in [0.717, 1.165) is 36.9 Å². The lowest BCUT2D eigenvalue weighted by molar-refractivity contribution is -0.122. The largest absolute Gasteiger partial charge is 0.349 e. The predicted octanol–water partition coefficient (Wildman–Crippen LogP) is 2.24. The first kappa shape index (κ1) is 18.2. The van der Waals surface area contributed by atoms with E-state index in [9.17, 15) is 4.79 Å². The molecule has 1 aliphatic carbocycles. The molecular formula is C20H30N6O. The Kier molecular flexibility index (Phi) is 5.57. The summed E-state index contributed by atoms with van der Waals surface area (Å²) in [5, 5.41) is 11.9. The van der Waals surface area contributed by atoms with Gasteiger partial charge in [0.05, 0.1) is 17.9 Å². The molecule has 0 saturated heterocycles. The standard InChI is InChI=1S/C20H30N6O/c1-16-8-9-22-26(16)15-20(27)21-13-17-12-19-14-24(10-5-11-25(19)23-17)18-6-3-2-4-7-18/h8-9,12,18H,2-7,10-11,13-15H2,1H3,(H,21,27). The molecule has 1 saturated carbocycles. The second-order valence-corrected chi connectivity index (χ2v) is 7.87. The molecule has 0 unspecified atom stereocenters. The third-order valence-corrected chi connectivity index (χ3v) is 5.87. The van der Waals surface area contributed by atoms with Crippen LogP contribution in [-0.2, 0) is 31.0 Å². The fraction of sp³-hybridized carbons (Fsp3) is 0.650. The molecule has 27 heavy (non-hydrogen) atoms. The predicted molar refractivity (Wildman–Crippen MR) is 103 cm³/mol. The maximum absolute atomic E-state index is 12.2. The summed E-state index contributed by atoms with van der Waals surface area (Å²) in [7, 11) is 0. The van der Waals surface area contributed by atoms with Gasteiger partial charge in [0.2, 0.25) is 5.91 Å². The summed E-state index contributed by atoms with van der Waals surface area (Å²) < 4.78 is 3.85. The van der Waals surface area contributed by atoms with Gasteiger partial charge in [0, 0.05) is 37.6 Å². The number of nitrogens with one attached hydrogen (secondary N) is 1. The van der Waals surface area contributed by atoms with Gasteiger partial charge in [0.15, 0.2) is 0 Å². The van der Waals surface area contributed by atoms with Gasteiger partial charge in [-0.15, -0.1) is 0 Å². The van der Waals surface area contributed by atoms with Crippen LogP contribution in [0.1, 0.15) is 55.6 Å². The first-order valence-corrected chi connectivity index (χ1v) is 10.2. The van der Waals surface area contributed by atoms with Crippen molar-refractivity contribution in [2.24, 2.45) is 0 Å². The number of amides is 1. The van der Waals surface area contributed by atoms with Crippen LogP contribution in [-0.4, -0.2) is 43.0 Å². The molecule has 1 N–H and O–H groups in total. The summed E-state index contributed by atoms with van der Waals surface area (Å²) in [5.41, 5.74) is 3.22. The van der Waals surface area contributed by atoms with Gasteiger partial charge in [0.25, 0.3) is 0 Å². The molecular weight excluding hydrogens is 340 g/mol. The first-order chi connectivity index (χ1) is 13.2. The fourth-order valence-corrected chi connectivity index (χ4v) is 4.34. The zero-order valence-corrected chi connectivity index (χ0v) is 16.2. The lowest BCUT2D eigenvalue weighted by atomic mass is 9.94. The molecule has 1 fully saturated rings. The second kappa shape index (κ2) is 8.25. The fourth-order valence-electron chi connectivity index (χ4n) is 4.34. The van der Waals surface area contributed by atoms with E-state index < -0.39 is 0 Å². The number of hydrogen-bond acceptors (Lipinski definition) is 4. The van der Waals surface area contributed by atoms with E-state index in [2.05, 4.69) is 26.1 Å². The highest BCUT2D eigenvalue weighted by Crippen LogP contribution is 2.25. The molecule has 1 amide bonds. The molecule has 0 atom stereocenters. The Morgan fingerprint density at radius 3 is 2.85 bits per heavy atom. The minimum Gasteiger partial charge on any atom is -0.349 e. The average molecular weight is 371 g/mol. The van der Waals surface area contributed by atoms with Crippen LogP contribution in [0.4, 0.5) is 0 Å². The molecule has 3 heterocycles. The third kappa shape index (κ3) is 4.40. The van der Waals surface area contributed by atoms with Crippen molar-refractivity contribution in [1.82, 2.24) is 29.8 Å². The van der Waals surface area contributed by atoms with E-state index in [4.69, 9.17) is 5.10 Å². The summed E-state index contributed by atoms with van der Waals surface area (Å²) in [6, 6.07) is 4.80. The molecule has 4 rings (SSSR count). The number of carbonyl (C=O) groups is 1. The Balaban J connectivity index is 1.34. The maximum atomic E-state index is 12.2. The van der Waals surface area contributed by atoms with Gasteiger partial charge in [-0.2, -0.15) is 10.2 Å². The zero-order valence-electron chi connectivity index (χ0n) is 16.2. The van der Waals surface area contributed by atoms with E-state index in [1.807, 2.05) is 13.0 Å². The van der Waals surface area contributed by atoms with Crippen molar-refractivity contribution >= 4 is 5.91 Å². The van der Waals surface area contributed by atoms with Crippen LogP contribution in [0.3, 0.4) is 0 Å². The summed E-state index contributed by atoms with van der Waals surface area (Å²) in [6.07, 6.45) is 9.67. The molecule has 7 heteroatoms. The lowest BCUT2D eigenvalue weighted by Crippen LogP contribution is -2.36. The maximum Gasteiger partial charge on any atom is 0.242 e. The molecule has 0 spiro atoms. The van der Waals surface area contributed by atoms with Crippen LogP contribution in [0.5, 0.6) is 0 Å². The van der Waals surface area contributed by atoms with Crippen molar-refractivity contribution in [2.45, 2.75) is 77.7 Å². The normalized spacial score (nSPS) is 18.9. The number of aromatic nitrogens is 4. The van der Waals surface area contributed by atoms with Crippen LogP contribution in [0.15, 0.2) is 18.3 Å². The van der Waals surface area contributed by atoms with Gasteiger partial charge in [-0.25, -0.2) is 0 Å². The summed E-state index contributed by atoms with van der Waals surface area (Å²) in [4.78, 5) is 14.8. The molecule has 1 aliphatic heterocycles. The van der Waals surface area contributed by atoms with Crippen molar-refractivity contribution in [2.75, 3.05) is 6.54 Å². The van der Waals surface area contributed by atoms with E-state index in [1.54, 1.807) is 10.9 Å². The Morgan fingerprint density at radius 2 is 2.07 bits per heavy atom. The molecule has 2 aromatic rings. The molecule has 0 bridgehead atoms. The van der Waals surface area contributed by atoms with Gasteiger partial charge in [0.1, 0.15) is 6.54 Å². The number of fused-ring (bicyclic) bond motifs is 1. The molecule has 2 aliphatic rings. The quantitative estimate of drug-likeness (QED) is 0.876. The lowest BCUT2D eigenvalue weighted by Gasteiger charge is -2.33. The van der Waals surface area contributed by atoms with Gasteiger partial charge in [-0.1, -0.05) is 19.3 Å². The number of carbonyl (C=O) groups excluding carboxylic acids is 1. The van der Waals surface area contributed by atoms with Crippen molar-refractivity contribution < 1.29 is 4.79 Å². The Bertz CT molecular complexity index is 773. The van der Waals surface area contributed by atoms with Crippen LogP contribution >= 0.6 is 0 Å². The van der Waals surface area contributed by atoms with E-state index >= 15 is 0 Å². The Labute approximate surface area is 160 Å². The van der Waals surface area contributed by atoms with Crippen molar-refractivity contribution in [1.29, 1.82) is 0 Å². The third-order valence-electron chi connectivity index (χ3n) is 5.87. The van der Waals surface area contributed by atoms with Crippen molar-refractivity contribution in [3.05, 3.63) is 35.4 Å². The van der Waals surface area contributed by atoms with Crippen molar-refractivity contribution in [3.63, 3.8) is 0 Å². The molecule has 0 radical (unpaired) electrons. The Morgan fingerprint density at radius 1 is 1.22 bits per heavy atom. The minimum atomic E-state index is -0.0335. The highest BCUT2D eigenvalue weighted by atomic mass is 16.2. The SMILES string of the molecule is Cc1ccnn1CC(=O)NCc1cc2n(n1)CCCN(C1CCCCC1)C2. The van der Waals surface area contributed by atoms with Gasteiger partial charge >= 0.3 is 0 Å². The first-order valence-electron chi connectivity index (χ1n) is 10.2. The van der Waals surface area contributed by atoms with Gasteiger partial charge in [-0.05, 0) is 38.3 Å².